The van der Waals surface area contributed by atoms with Crippen molar-refractivity contribution in [2.75, 3.05) is 0 Å². The van der Waals surface area contributed by atoms with Crippen molar-refractivity contribution in [3.05, 3.63) is 105 Å². The van der Waals surface area contributed by atoms with Crippen molar-refractivity contribution in [2.24, 2.45) is 0 Å². The molecule has 0 aromatic heterocycles. The van der Waals surface area contributed by atoms with Gasteiger partial charge in [-0.2, -0.15) is 0 Å². The van der Waals surface area contributed by atoms with E-state index >= 15 is 0 Å². The van der Waals surface area contributed by atoms with Crippen molar-refractivity contribution in [1.29, 1.82) is 0 Å². The molecule has 0 unspecified atom stereocenters. The molecule has 0 aliphatic carbocycles. The molecule has 152 valence electrons. The summed E-state index contributed by atoms with van der Waals surface area (Å²) in [5.41, 5.74) is -4.02. The van der Waals surface area contributed by atoms with E-state index in [0.717, 1.165) is 12.1 Å². The van der Waals surface area contributed by atoms with Gasteiger partial charge in [0.2, 0.25) is 11.6 Å². The highest BCUT2D eigenvalue weighted by atomic mass is 19.2. The van der Waals surface area contributed by atoms with Crippen LogP contribution in [-0.4, -0.2) is 0 Å². The van der Waals surface area contributed by atoms with Gasteiger partial charge in [-0.3, -0.25) is 0 Å². The van der Waals surface area contributed by atoms with E-state index in [1.165, 1.54) is 18.2 Å². The van der Waals surface area contributed by atoms with Crippen molar-refractivity contribution in [3.63, 3.8) is 0 Å². The van der Waals surface area contributed by atoms with Gasteiger partial charge in [-0.15, -0.1) is 0 Å². The van der Waals surface area contributed by atoms with E-state index in [4.69, 9.17) is 0 Å². The van der Waals surface area contributed by atoms with E-state index in [9.17, 15) is 43.9 Å². The Bertz CT molecular complexity index is 981. The maximum absolute atomic E-state index is 14.3. The fraction of sp³-hybridized carbons (Fsp3) is 0.0526. The maximum Gasteiger partial charge on any atom is 0.200 e. The quantitative estimate of drug-likeness (QED) is 0.202. The second kappa shape index (κ2) is 7.41. The lowest BCUT2D eigenvalue weighted by Crippen LogP contribution is -2.18. The zero-order valence-electron chi connectivity index (χ0n) is 13.7. The predicted octanol–water partition coefficient (Wildman–Crippen LogP) is 6.26. The van der Waals surface area contributed by atoms with E-state index in [0.29, 0.717) is 0 Å². The molecule has 3 aromatic carbocycles. The highest BCUT2D eigenvalue weighted by Gasteiger charge is 2.38. The lowest BCUT2D eigenvalue weighted by Gasteiger charge is -2.22. The number of benzene rings is 3. The summed E-state index contributed by atoms with van der Waals surface area (Å²) in [6.07, 6.45) is 0. The SMILES string of the molecule is Fc1c(F)c(F)c(C(c2ccccc2)c2c(F)c(F)c(F)c(F)c2F)c(F)c1F. The average Bonchev–Trinajstić information content (AvgIpc) is 2.73. The van der Waals surface area contributed by atoms with Crippen molar-refractivity contribution in [1.82, 2.24) is 0 Å². The Morgan fingerprint density at radius 1 is 0.379 bits per heavy atom. The first-order valence-corrected chi connectivity index (χ1v) is 7.67. The van der Waals surface area contributed by atoms with E-state index in [1.807, 2.05) is 0 Å². The highest BCUT2D eigenvalue weighted by Crippen LogP contribution is 2.41. The summed E-state index contributed by atoms with van der Waals surface area (Å²) in [6, 6.07) is 5.58. The van der Waals surface area contributed by atoms with Crippen LogP contribution in [-0.2, 0) is 0 Å². The second-order valence-electron chi connectivity index (χ2n) is 5.81. The molecule has 0 heterocycles. The largest absolute Gasteiger partial charge is 0.203 e. The fourth-order valence-electron chi connectivity index (χ4n) is 2.87. The molecule has 0 bridgehead atoms. The van der Waals surface area contributed by atoms with Gasteiger partial charge in [0.15, 0.2) is 46.5 Å². The van der Waals surface area contributed by atoms with Gasteiger partial charge in [-0.25, -0.2) is 43.9 Å². The minimum atomic E-state index is -2.55. The summed E-state index contributed by atoms with van der Waals surface area (Å²) >= 11 is 0. The normalized spacial score (nSPS) is 11.4. The molecule has 0 nitrogen and oxygen atoms in total. The summed E-state index contributed by atoms with van der Waals surface area (Å²) in [6.45, 7) is 0. The fourth-order valence-corrected chi connectivity index (χ4v) is 2.87. The molecule has 0 aliphatic rings. The Morgan fingerprint density at radius 3 is 0.966 bits per heavy atom. The predicted molar refractivity (Wildman–Crippen MR) is 79.9 cm³/mol. The third-order valence-corrected chi connectivity index (χ3v) is 4.20. The smallest absolute Gasteiger partial charge is 0.200 e. The average molecular weight is 424 g/mol. The van der Waals surface area contributed by atoms with Gasteiger partial charge in [0.1, 0.15) is 0 Å². The summed E-state index contributed by atoms with van der Waals surface area (Å²) in [4.78, 5) is 0. The molecule has 0 saturated heterocycles. The molecule has 10 heteroatoms. The van der Waals surface area contributed by atoms with Crippen LogP contribution in [0.5, 0.6) is 0 Å². The summed E-state index contributed by atoms with van der Waals surface area (Å²) in [5.74, 6) is -27.3. The number of hydrogen-bond donors (Lipinski definition) is 0. The molecular formula is C19H6F10. The molecule has 0 aliphatic heterocycles. The molecule has 0 spiro atoms. The Labute approximate surface area is 156 Å². The molecule has 0 atom stereocenters. The highest BCUT2D eigenvalue weighted by molar-refractivity contribution is 5.46. The number of rotatable bonds is 3. The van der Waals surface area contributed by atoms with Gasteiger partial charge in [-0.1, -0.05) is 30.3 Å². The molecule has 3 aromatic rings. The van der Waals surface area contributed by atoms with E-state index in [-0.39, 0.29) is 0 Å². The third kappa shape index (κ3) is 3.12. The van der Waals surface area contributed by atoms with Gasteiger partial charge in [0.25, 0.3) is 0 Å². The van der Waals surface area contributed by atoms with Gasteiger partial charge < -0.3 is 0 Å². The first kappa shape index (κ1) is 20.7. The standard InChI is InChI=1S/C19H6F10/c20-10-8(11(21)15(25)18(28)14(10)24)7(6-4-2-1-3-5-6)9-12(22)16(26)19(29)17(27)13(9)23/h1-5,7H. The number of hydrogen-bond acceptors (Lipinski definition) is 0. The van der Waals surface area contributed by atoms with Crippen LogP contribution in [0, 0.1) is 58.2 Å². The van der Waals surface area contributed by atoms with Crippen molar-refractivity contribution < 1.29 is 43.9 Å². The number of halogens is 10. The zero-order chi connectivity index (χ0) is 21.6. The van der Waals surface area contributed by atoms with Crippen LogP contribution in [0.1, 0.15) is 22.6 Å². The van der Waals surface area contributed by atoms with Crippen LogP contribution < -0.4 is 0 Å². The zero-order valence-corrected chi connectivity index (χ0v) is 13.7. The van der Waals surface area contributed by atoms with Crippen LogP contribution >= 0.6 is 0 Å². The monoisotopic (exact) mass is 424 g/mol. The minimum absolute atomic E-state index is 0.487. The lowest BCUT2D eigenvalue weighted by molar-refractivity contribution is 0.357. The summed E-state index contributed by atoms with van der Waals surface area (Å²) in [5, 5.41) is 0. The lowest BCUT2D eigenvalue weighted by atomic mass is 9.83. The van der Waals surface area contributed by atoms with Crippen LogP contribution in [0.25, 0.3) is 0 Å². The second-order valence-corrected chi connectivity index (χ2v) is 5.81. The van der Waals surface area contributed by atoms with Crippen LogP contribution in [0.2, 0.25) is 0 Å². The molecule has 0 fully saturated rings. The first-order valence-electron chi connectivity index (χ1n) is 7.67. The van der Waals surface area contributed by atoms with E-state index < -0.39 is 80.8 Å². The Balaban J connectivity index is 2.50. The Hall–Kier alpha value is -3.04. The summed E-state index contributed by atoms with van der Waals surface area (Å²) in [7, 11) is 0. The van der Waals surface area contributed by atoms with Crippen LogP contribution in [0.15, 0.2) is 30.3 Å². The molecule has 0 N–H and O–H groups in total. The Kier molecular flexibility index (Phi) is 5.29. The van der Waals surface area contributed by atoms with Gasteiger partial charge in [0, 0.05) is 17.0 Å². The minimum Gasteiger partial charge on any atom is -0.203 e. The molecule has 0 radical (unpaired) electrons. The topological polar surface area (TPSA) is 0 Å². The molecule has 0 amide bonds. The molecule has 3 rings (SSSR count). The molecule has 29 heavy (non-hydrogen) atoms. The maximum atomic E-state index is 14.3. The van der Waals surface area contributed by atoms with Crippen molar-refractivity contribution in [2.45, 2.75) is 5.92 Å². The van der Waals surface area contributed by atoms with E-state index in [2.05, 4.69) is 0 Å². The molecule has 0 saturated carbocycles. The van der Waals surface area contributed by atoms with E-state index in [1.54, 1.807) is 0 Å². The first-order chi connectivity index (χ1) is 13.6. The van der Waals surface area contributed by atoms with Crippen LogP contribution in [0.3, 0.4) is 0 Å². The summed E-state index contributed by atoms with van der Waals surface area (Å²) < 4.78 is 139. The Morgan fingerprint density at radius 2 is 0.655 bits per heavy atom. The van der Waals surface area contributed by atoms with Gasteiger partial charge in [0.05, 0.1) is 0 Å². The van der Waals surface area contributed by atoms with Crippen molar-refractivity contribution in [3.8, 4) is 0 Å². The van der Waals surface area contributed by atoms with Crippen LogP contribution in [0.4, 0.5) is 43.9 Å². The molecular weight excluding hydrogens is 418 g/mol. The van der Waals surface area contributed by atoms with Crippen molar-refractivity contribution >= 4 is 0 Å². The third-order valence-electron chi connectivity index (χ3n) is 4.20. The van der Waals surface area contributed by atoms with Gasteiger partial charge in [-0.05, 0) is 5.56 Å². The van der Waals surface area contributed by atoms with Gasteiger partial charge >= 0.3 is 0 Å².